The van der Waals surface area contributed by atoms with E-state index >= 15 is 0 Å². The Kier molecular flexibility index (Phi) is 23.7. The summed E-state index contributed by atoms with van der Waals surface area (Å²) in [5.41, 5.74) is 0. The Morgan fingerprint density at radius 2 is 0.974 bits per heavy atom. The number of nitrogens with one attached hydrogen (secondary N) is 1. The average Bonchev–Trinajstić information content (AvgIpc) is 2.91. The van der Waals surface area contributed by atoms with E-state index in [1.807, 2.05) is 0 Å². The Balaban J connectivity index is 2.05. The molecule has 4 heteroatoms. The van der Waals surface area contributed by atoms with Gasteiger partial charge in [0.2, 0.25) is 5.91 Å². The van der Waals surface area contributed by atoms with Crippen LogP contribution >= 0.6 is 0 Å². The summed E-state index contributed by atoms with van der Waals surface area (Å²) in [6.07, 6.45) is 34.7. The van der Waals surface area contributed by atoms with Crippen LogP contribution in [0.5, 0.6) is 0 Å². The highest BCUT2D eigenvalue weighted by molar-refractivity contribution is 5.76. The summed E-state index contributed by atoms with van der Waals surface area (Å²) >= 11 is 0. The highest BCUT2D eigenvalue weighted by atomic mass is 16.5. The first-order valence-corrected chi connectivity index (χ1v) is 16.8. The molecule has 0 aromatic heterocycles. The van der Waals surface area contributed by atoms with Crippen molar-refractivity contribution < 1.29 is 14.3 Å². The first-order valence-electron chi connectivity index (χ1n) is 16.8. The topological polar surface area (TPSA) is 55.4 Å². The van der Waals surface area contributed by atoms with Crippen LogP contribution in [0.3, 0.4) is 0 Å². The van der Waals surface area contributed by atoms with Crippen LogP contribution in [0.4, 0.5) is 0 Å². The van der Waals surface area contributed by atoms with Gasteiger partial charge < -0.3 is 10.1 Å². The molecule has 0 bridgehead atoms. The van der Waals surface area contributed by atoms with Crippen LogP contribution in [0.25, 0.3) is 0 Å². The molecule has 0 spiro atoms. The third-order valence-electron chi connectivity index (χ3n) is 7.99. The van der Waals surface area contributed by atoms with Gasteiger partial charge in [-0.25, -0.2) is 0 Å². The maximum atomic E-state index is 12.5. The van der Waals surface area contributed by atoms with Crippen molar-refractivity contribution in [3.8, 4) is 0 Å². The molecule has 1 amide bonds. The predicted octanol–water partition coefficient (Wildman–Crippen LogP) is 10.1. The van der Waals surface area contributed by atoms with Crippen molar-refractivity contribution in [3.05, 3.63) is 12.2 Å². The van der Waals surface area contributed by atoms with Gasteiger partial charge in [0, 0.05) is 19.3 Å². The molecule has 0 aliphatic heterocycles. The van der Waals surface area contributed by atoms with Crippen LogP contribution in [-0.4, -0.2) is 24.0 Å². The standard InChI is InChI=1S/C34H63NO3/c1-3-5-7-9-11-13-15-17-19-21-23-29-33(36)35-31-27-25-26-28-32(31)38-34(37)30-24-22-20-18-16-14-12-10-8-6-4-2/h25-26,31-32H,3-24,27-30H2,1-2H3,(H,35,36). The summed E-state index contributed by atoms with van der Waals surface area (Å²) < 4.78 is 5.80. The third kappa shape index (κ3) is 20.6. The number of hydrogen-bond acceptors (Lipinski definition) is 3. The zero-order valence-corrected chi connectivity index (χ0v) is 25.4. The maximum Gasteiger partial charge on any atom is 0.306 e. The Hall–Kier alpha value is -1.32. The van der Waals surface area contributed by atoms with Gasteiger partial charge in [-0.05, 0) is 19.3 Å². The molecule has 0 saturated heterocycles. The number of esters is 1. The monoisotopic (exact) mass is 533 g/mol. The van der Waals surface area contributed by atoms with Gasteiger partial charge in [0.1, 0.15) is 6.10 Å². The molecule has 0 saturated carbocycles. The maximum absolute atomic E-state index is 12.5. The Bertz CT molecular complexity index is 538. The van der Waals surface area contributed by atoms with E-state index in [0.29, 0.717) is 19.3 Å². The number of unbranched alkanes of at least 4 members (excludes halogenated alkanes) is 20. The van der Waals surface area contributed by atoms with Crippen molar-refractivity contribution in [2.24, 2.45) is 0 Å². The SMILES string of the molecule is CCCCCCCCCCCCCC(=O)NC1CC=CCC1OC(=O)CCCCCCCCCCCCC. The summed E-state index contributed by atoms with van der Waals surface area (Å²) in [6.45, 7) is 4.53. The molecule has 4 nitrogen and oxygen atoms in total. The summed E-state index contributed by atoms with van der Waals surface area (Å²) in [7, 11) is 0. The molecule has 1 N–H and O–H groups in total. The summed E-state index contributed by atoms with van der Waals surface area (Å²) in [5.74, 6) is -0.00141. The molecule has 2 atom stereocenters. The smallest absolute Gasteiger partial charge is 0.306 e. The Morgan fingerprint density at radius 1 is 0.579 bits per heavy atom. The van der Waals surface area contributed by atoms with Gasteiger partial charge in [-0.3, -0.25) is 9.59 Å². The fraction of sp³-hybridized carbons (Fsp3) is 0.882. The van der Waals surface area contributed by atoms with Crippen LogP contribution in [0.2, 0.25) is 0 Å². The number of carbonyl (C=O) groups excluding carboxylic acids is 2. The predicted molar refractivity (Wildman–Crippen MR) is 162 cm³/mol. The number of amides is 1. The molecule has 0 radical (unpaired) electrons. The van der Waals surface area contributed by atoms with E-state index in [9.17, 15) is 9.59 Å². The number of hydrogen-bond donors (Lipinski definition) is 1. The molecular formula is C34H63NO3. The van der Waals surface area contributed by atoms with Crippen LogP contribution in [0.1, 0.15) is 181 Å². The van der Waals surface area contributed by atoms with E-state index < -0.39 is 0 Å². The summed E-state index contributed by atoms with van der Waals surface area (Å²) in [4.78, 5) is 24.9. The minimum Gasteiger partial charge on any atom is -0.460 e. The summed E-state index contributed by atoms with van der Waals surface area (Å²) in [6, 6.07) is -0.0820. The minimum atomic E-state index is -0.221. The fourth-order valence-corrected chi connectivity index (χ4v) is 5.46. The number of rotatable bonds is 26. The molecule has 38 heavy (non-hydrogen) atoms. The highest BCUT2D eigenvalue weighted by Gasteiger charge is 2.27. The van der Waals surface area contributed by atoms with E-state index in [0.717, 1.165) is 32.1 Å². The lowest BCUT2D eigenvalue weighted by atomic mass is 9.98. The van der Waals surface area contributed by atoms with Gasteiger partial charge in [0.25, 0.3) is 0 Å². The van der Waals surface area contributed by atoms with Crippen LogP contribution < -0.4 is 5.32 Å². The van der Waals surface area contributed by atoms with E-state index in [1.165, 1.54) is 116 Å². The second kappa shape index (κ2) is 25.9. The lowest BCUT2D eigenvalue weighted by Gasteiger charge is -2.29. The molecule has 0 aromatic rings. The Morgan fingerprint density at radius 3 is 1.45 bits per heavy atom. The van der Waals surface area contributed by atoms with E-state index in [2.05, 4.69) is 31.3 Å². The molecule has 1 rings (SSSR count). The molecule has 222 valence electrons. The van der Waals surface area contributed by atoms with Gasteiger partial charge in [-0.15, -0.1) is 0 Å². The molecular weight excluding hydrogens is 470 g/mol. The van der Waals surface area contributed by atoms with Crippen LogP contribution in [0, 0.1) is 0 Å². The lowest BCUT2D eigenvalue weighted by Crippen LogP contribution is -2.46. The van der Waals surface area contributed by atoms with Crippen LogP contribution in [-0.2, 0) is 14.3 Å². The highest BCUT2D eigenvalue weighted by Crippen LogP contribution is 2.19. The van der Waals surface area contributed by atoms with Gasteiger partial charge in [0.05, 0.1) is 6.04 Å². The van der Waals surface area contributed by atoms with Crippen molar-refractivity contribution in [1.29, 1.82) is 0 Å². The molecule has 1 aliphatic carbocycles. The second-order valence-corrected chi connectivity index (χ2v) is 11.7. The van der Waals surface area contributed by atoms with Gasteiger partial charge in [-0.1, -0.05) is 154 Å². The van der Waals surface area contributed by atoms with Crippen molar-refractivity contribution >= 4 is 11.9 Å². The van der Waals surface area contributed by atoms with Crippen molar-refractivity contribution in [2.75, 3.05) is 0 Å². The number of ether oxygens (including phenoxy) is 1. The molecule has 2 unspecified atom stereocenters. The van der Waals surface area contributed by atoms with Crippen molar-refractivity contribution in [3.63, 3.8) is 0 Å². The Labute approximate surface area is 236 Å². The molecule has 0 heterocycles. The first-order chi connectivity index (χ1) is 18.7. The molecule has 1 aliphatic rings. The van der Waals surface area contributed by atoms with Crippen molar-refractivity contribution in [1.82, 2.24) is 5.32 Å². The second-order valence-electron chi connectivity index (χ2n) is 11.7. The average molecular weight is 534 g/mol. The number of carbonyl (C=O) groups is 2. The third-order valence-corrected chi connectivity index (χ3v) is 7.99. The minimum absolute atomic E-state index is 0.0820. The molecule has 0 aromatic carbocycles. The molecule has 0 fully saturated rings. The normalized spacial score (nSPS) is 17.0. The van der Waals surface area contributed by atoms with Gasteiger partial charge >= 0.3 is 5.97 Å². The fourth-order valence-electron chi connectivity index (χ4n) is 5.46. The first kappa shape index (κ1) is 34.7. The summed E-state index contributed by atoms with van der Waals surface area (Å²) in [5, 5.41) is 3.15. The zero-order valence-electron chi connectivity index (χ0n) is 25.4. The lowest BCUT2D eigenvalue weighted by molar-refractivity contribution is -0.151. The van der Waals surface area contributed by atoms with E-state index in [4.69, 9.17) is 4.74 Å². The largest absolute Gasteiger partial charge is 0.460 e. The van der Waals surface area contributed by atoms with Crippen LogP contribution in [0.15, 0.2) is 12.2 Å². The zero-order chi connectivity index (χ0) is 27.5. The van der Waals surface area contributed by atoms with E-state index in [-0.39, 0.29) is 24.0 Å². The van der Waals surface area contributed by atoms with E-state index in [1.54, 1.807) is 0 Å². The quantitative estimate of drug-likeness (QED) is 0.0683. The van der Waals surface area contributed by atoms with Gasteiger partial charge in [-0.2, -0.15) is 0 Å². The van der Waals surface area contributed by atoms with Crippen molar-refractivity contribution in [2.45, 2.75) is 193 Å². The van der Waals surface area contributed by atoms with Gasteiger partial charge in [0.15, 0.2) is 0 Å².